The molecule has 1 atom stereocenters. The van der Waals surface area contributed by atoms with Gasteiger partial charge in [0.25, 0.3) is 5.69 Å². The van der Waals surface area contributed by atoms with Gasteiger partial charge in [0.15, 0.2) is 0 Å². The molecule has 0 aliphatic rings. The number of rotatable bonds is 6. The highest BCUT2D eigenvalue weighted by atomic mass is 79.9. The van der Waals surface area contributed by atoms with Crippen LogP contribution in [0.5, 0.6) is 0 Å². The summed E-state index contributed by atoms with van der Waals surface area (Å²) in [6, 6.07) is 4.82. The van der Waals surface area contributed by atoms with Crippen LogP contribution in [0.3, 0.4) is 0 Å². The Bertz CT molecular complexity index is 424. The Morgan fingerprint density at radius 1 is 1.44 bits per heavy atom. The fraction of sp³-hybridized carbons (Fsp3) is 0.500. The van der Waals surface area contributed by atoms with Gasteiger partial charge in [-0.15, -0.1) is 0 Å². The quantitative estimate of drug-likeness (QED) is 0.643. The fourth-order valence-corrected chi connectivity index (χ4v) is 1.94. The maximum absolute atomic E-state index is 10.9. The van der Waals surface area contributed by atoms with Crippen LogP contribution < -0.4 is 5.32 Å². The van der Waals surface area contributed by atoms with Crippen molar-refractivity contribution in [3.8, 4) is 0 Å². The number of ether oxygens (including phenoxy) is 1. The number of nitro groups is 1. The van der Waals surface area contributed by atoms with Gasteiger partial charge in [0, 0.05) is 17.1 Å². The molecule has 18 heavy (non-hydrogen) atoms. The van der Waals surface area contributed by atoms with Crippen molar-refractivity contribution in [2.75, 3.05) is 11.9 Å². The molecule has 0 aliphatic heterocycles. The highest BCUT2D eigenvalue weighted by Gasteiger charge is 2.14. The van der Waals surface area contributed by atoms with Gasteiger partial charge >= 0.3 is 0 Å². The number of benzene rings is 1. The Kier molecular flexibility index (Phi) is 5.55. The first-order chi connectivity index (χ1) is 8.40. The fourth-order valence-electron chi connectivity index (χ4n) is 1.58. The summed E-state index contributed by atoms with van der Waals surface area (Å²) in [4.78, 5) is 10.5. The average Bonchev–Trinajstić information content (AvgIpc) is 2.25. The predicted octanol–water partition coefficient (Wildman–Crippen LogP) is 3.58. The second-order valence-corrected chi connectivity index (χ2v) is 5.21. The highest BCUT2D eigenvalue weighted by molar-refractivity contribution is 9.10. The molecule has 0 bridgehead atoms. The smallest absolute Gasteiger partial charge is 0.292 e. The summed E-state index contributed by atoms with van der Waals surface area (Å²) in [5.41, 5.74) is 0.559. The summed E-state index contributed by atoms with van der Waals surface area (Å²) in [6.45, 7) is 6.36. The van der Waals surface area contributed by atoms with E-state index in [-0.39, 0.29) is 17.9 Å². The minimum atomic E-state index is -0.400. The van der Waals surface area contributed by atoms with Gasteiger partial charge in [0.1, 0.15) is 5.69 Å². The van der Waals surface area contributed by atoms with Crippen LogP contribution in [0, 0.1) is 10.1 Å². The highest BCUT2D eigenvalue weighted by Crippen LogP contribution is 2.27. The maximum atomic E-state index is 10.9. The molecular weight excluding hydrogens is 300 g/mol. The molecule has 0 saturated heterocycles. The molecular formula is C12H17BrN2O3. The molecule has 1 unspecified atom stereocenters. The van der Waals surface area contributed by atoms with Gasteiger partial charge in [-0.3, -0.25) is 10.1 Å². The molecule has 0 aliphatic carbocycles. The number of hydrogen-bond donors (Lipinski definition) is 1. The van der Waals surface area contributed by atoms with Crippen LogP contribution in [-0.2, 0) is 4.74 Å². The Hall–Kier alpha value is -1.14. The molecule has 0 aromatic heterocycles. The van der Waals surface area contributed by atoms with E-state index in [1.54, 1.807) is 12.1 Å². The normalized spacial score (nSPS) is 12.5. The van der Waals surface area contributed by atoms with E-state index in [2.05, 4.69) is 21.2 Å². The Morgan fingerprint density at radius 2 is 2.11 bits per heavy atom. The molecule has 1 aromatic rings. The first-order valence-electron chi connectivity index (χ1n) is 5.73. The summed E-state index contributed by atoms with van der Waals surface area (Å²) in [5, 5.41) is 13.9. The third-order valence-electron chi connectivity index (χ3n) is 2.24. The number of halogens is 1. The van der Waals surface area contributed by atoms with Crippen molar-refractivity contribution in [2.24, 2.45) is 0 Å². The topological polar surface area (TPSA) is 64.4 Å². The van der Waals surface area contributed by atoms with E-state index in [1.807, 2.05) is 20.8 Å². The van der Waals surface area contributed by atoms with Crippen molar-refractivity contribution in [3.63, 3.8) is 0 Å². The van der Waals surface area contributed by atoms with Crippen molar-refractivity contribution < 1.29 is 9.66 Å². The van der Waals surface area contributed by atoms with Crippen molar-refractivity contribution in [3.05, 3.63) is 32.8 Å². The number of nitro benzene ring substituents is 1. The van der Waals surface area contributed by atoms with Crippen molar-refractivity contribution >= 4 is 27.3 Å². The number of anilines is 1. The Balaban J connectivity index is 2.71. The predicted molar refractivity (Wildman–Crippen MR) is 75.0 cm³/mol. The third kappa shape index (κ3) is 4.62. The van der Waals surface area contributed by atoms with E-state index in [4.69, 9.17) is 4.74 Å². The number of nitrogens with zero attached hydrogens (tertiary/aromatic N) is 1. The summed E-state index contributed by atoms with van der Waals surface area (Å²) >= 11 is 3.30. The van der Waals surface area contributed by atoms with Gasteiger partial charge in [-0.2, -0.15) is 0 Å². The molecule has 1 aromatic carbocycles. The van der Waals surface area contributed by atoms with Crippen molar-refractivity contribution in [1.82, 2.24) is 0 Å². The zero-order valence-corrected chi connectivity index (χ0v) is 12.2. The van der Waals surface area contributed by atoms with E-state index in [0.717, 1.165) is 4.47 Å². The van der Waals surface area contributed by atoms with Gasteiger partial charge in [-0.05, 0) is 32.9 Å². The van der Waals surface area contributed by atoms with E-state index in [0.29, 0.717) is 12.2 Å². The average molecular weight is 317 g/mol. The maximum Gasteiger partial charge on any atom is 0.292 e. The second kappa shape index (κ2) is 6.70. The lowest BCUT2D eigenvalue weighted by Gasteiger charge is -2.17. The molecule has 0 amide bonds. The van der Waals surface area contributed by atoms with E-state index >= 15 is 0 Å². The minimum Gasteiger partial charge on any atom is -0.377 e. The molecule has 0 saturated carbocycles. The SMILES string of the molecule is CC(C)OC(C)CNc1cc(Br)ccc1[N+](=O)[O-]. The molecule has 0 radical (unpaired) electrons. The van der Waals surface area contributed by atoms with Gasteiger partial charge in [0.05, 0.1) is 17.1 Å². The number of hydrogen-bond acceptors (Lipinski definition) is 4. The molecule has 5 nitrogen and oxygen atoms in total. The largest absolute Gasteiger partial charge is 0.377 e. The van der Waals surface area contributed by atoms with Gasteiger partial charge < -0.3 is 10.1 Å². The van der Waals surface area contributed by atoms with Crippen LogP contribution in [0.2, 0.25) is 0 Å². The van der Waals surface area contributed by atoms with E-state index in [9.17, 15) is 10.1 Å². The van der Waals surface area contributed by atoms with Crippen LogP contribution in [0.25, 0.3) is 0 Å². The Labute approximate surface area is 115 Å². The van der Waals surface area contributed by atoms with Crippen LogP contribution >= 0.6 is 15.9 Å². The molecule has 1 rings (SSSR count). The van der Waals surface area contributed by atoms with Crippen LogP contribution in [-0.4, -0.2) is 23.7 Å². The lowest BCUT2D eigenvalue weighted by atomic mass is 10.2. The second-order valence-electron chi connectivity index (χ2n) is 4.29. The zero-order valence-electron chi connectivity index (χ0n) is 10.6. The first-order valence-corrected chi connectivity index (χ1v) is 6.52. The van der Waals surface area contributed by atoms with Gasteiger partial charge in [-0.1, -0.05) is 15.9 Å². The monoisotopic (exact) mass is 316 g/mol. The van der Waals surface area contributed by atoms with Crippen LogP contribution in [0.15, 0.2) is 22.7 Å². The molecule has 6 heteroatoms. The summed E-state index contributed by atoms with van der Waals surface area (Å²) in [7, 11) is 0. The zero-order chi connectivity index (χ0) is 13.7. The molecule has 0 heterocycles. The standard InChI is InChI=1S/C12H17BrN2O3/c1-8(2)18-9(3)7-14-11-6-10(13)4-5-12(11)15(16)17/h4-6,8-9,14H,7H2,1-3H3. The van der Waals surface area contributed by atoms with E-state index in [1.165, 1.54) is 6.07 Å². The Morgan fingerprint density at radius 3 is 2.67 bits per heavy atom. The minimum absolute atomic E-state index is 0.0106. The summed E-state index contributed by atoms with van der Waals surface area (Å²) in [5.74, 6) is 0. The molecule has 0 fully saturated rings. The van der Waals surface area contributed by atoms with Crippen LogP contribution in [0.1, 0.15) is 20.8 Å². The molecule has 0 spiro atoms. The summed E-state index contributed by atoms with van der Waals surface area (Å²) < 4.78 is 6.36. The first kappa shape index (κ1) is 14.9. The molecule has 100 valence electrons. The van der Waals surface area contributed by atoms with Gasteiger partial charge in [-0.25, -0.2) is 0 Å². The molecule has 1 N–H and O–H groups in total. The van der Waals surface area contributed by atoms with Crippen molar-refractivity contribution in [1.29, 1.82) is 0 Å². The third-order valence-corrected chi connectivity index (χ3v) is 2.73. The lowest BCUT2D eigenvalue weighted by molar-refractivity contribution is -0.384. The van der Waals surface area contributed by atoms with Gasteiger partial charge in [0.2, 0.25) is 0 Å². The number of nitrogens with one attached hydrogen (secondary N) is 1. The van der Waals surface area contributed by atoms with Crippen LogP contribution in [0.4, 0.5) is 11.4 Å². The lowest BCUT2D eigenvalue weighted by Crippen LogP contribution is -2.23. The van der Waals surface area contributed by atoms with E-state index < -0.39 is 4.92 Å². The summed E-state index contributed by atoms with van der Waals surface area (Å²) in [6.07, 6.45) is 0.128. The van der Waals surface area contributed by atoms with Crippen molar-refractivity contribution in [2.45, 2.75) is 33.0 Å².